The standard InChI is InChI=1S/C10H9BrClNO2/c11-8-2-1-7(5-9(8)12)13-3-4-15-6-10(13)14/h1-2,5H,3-4,6H2. The lowest BCUT2D eigenvalue weighted by atomic mass is 10.2. The molecule has 1 fully saturated rings. The van der Waals surface area contributed by atoms with Crippen LogP contribution in [0.5, 0.6) is 0 Å². The molecule has 1 aromatic rings. The van der Waals surface area contributed by atoms with Crippen LogP contribution in [0.4, 0.5) is 5.69 Å². The van der Waals surface area contributed by atoms with Crippen LogP contribution in [0.15, 0.2) is 22.7 Å². The quantitative estimate of drug-likeness (QED) is 0.795. The minimum Gasteiger partial charge on any atom is -0.370 e. The van der Waals surface area contributed by atoms with Crippen LogP contribution >= 0.6 is 27.5 Å². The average molecular weight is 291 g/mol. The zero-order valence-electron chi connectivity index (χ0n) is 7.87. The van der Waals surface area contributed by atoms with Gasteiger partial charge in [-0.05, 0) is 34.1 Å². The fourth-order valence-electron chi connectivity index (χ4n) is 1.44. The van der Waals surface area contributed by atoms with Gasteiger partial charge in [0.15, 0.2) is 0 Å². The summed E-state index contributed by atoms with van der Waals surface area (Å²) in [6, 6.07) is 5.47. The highest BCUT2D eigenvalue weighted by Crippen LogP contribution is 2.28. The summed E-state index contributed by atoms with van der Waals surface area (Å²) < 4.78 is 5.88. The summed E-state index contributed by atoms with van der Waals surface area (Å²) in [6.45, 7) is 1.30. The van der Waals surface area contributed by atoms with Crippen molar-refractivity contribution in [3.05, 3.63) is 27.7 Å². The van der Waals surface area contributed by atoms with E-state index in [1.54, 1.807) is 11.0 Å². The Hall–Kier alpha value is -0.580. The third-order valence-electron chi connectivity index (χ3n) is 2.20. The lowest BCUT2D eigenvalue weighted by Crippen LogP contribution is -2.41. The largest absolute Gasteiger partial charge is 0.370 e. The van der Waals surface area contributed by atoms with E-state index >= 15 is 0 Å². The molecule has 3 nitrogen and oxygen atoms in total. The Labute approximate surface area is 101 Å². The van der Waals surface area contributed by atoms with Gasteiger partial charge in [-0.15, -0.1) is 0 Å². The summed E-state index contributed by atoms with van der Waals surface area (Å²) in [5.74, 6) is -0.0281. The van der Waals surface area contributed by atoms with Gasteiger partial charge in [0.1, 0.15) is 6.61 Å². The summed E-state index contributed by atoms with van der Waals surface area (Å²) in [7, 11) is 0. The first kappa shape index (κ1) is 10.9. The molecule has 0 aliphatic carbocycles. The molecule has 1 aliphatic rings. The molecule has 0 aromatic heterocycles. The van der Waals surface area contributed by atoms with E-state index in [9.17, 15) is 4.79 Å². The minimum atomic E-state index is -0.0281. The molecule has 80 valence electrons. The lowest BCUT2D eigenvalue weighted by Gasteiger charge is -2.27. The summed E-state index contributed by atoms with van der Waals surface area (Å²) in [4.78, 5) is 13.2. The molecule has 15 heavy (non-hydrogen) atoms. The number of benzene rings is 1. The van der Waals surface area contributed by atoms with Crippen LogP contribution in [0.1, 0.15) is 0 Å². The molecule has 0 radical (unpaired) electrons. The molecule has 2 rings (SSSR count). The third kappa shape index (κ3) is 2.33. The normalized spacial score (nSPS) is 16.9. The molecule has 1 aromatic carbocycles. The molecule has 1 aliphatic heterocycles. The van der Waals surface area contributed by atoms with Gasteiger partial charge in [0.25, 0.3) is 5.91 Å². The van der Waals surface area contributed by atoms with Crippen LogP contribution in [0.2, 0.25) is 5.02 Å². The van der Waals surface area contributed by atoms with Gasteiger partial charge in [0.05, 0.1) is 11.6 Å². The maximum absolute atomic E-state index is 11.5. The Bertz CT molecular complexity index is 397. The van der Waals surface area contributed by atoms with Crippen LogP contribution in [-0.2, 0) is 9.53 Å². The van der Waals surface area contributed by atoms with Crippen LogP contribution in [-0.4, -0.2) is 25.7 Å². The van der Waals surface area contributed by atoms with Gasteiger partial charge < -0.3 is 9.64 Å². The zero-order chi connectivity index (χ0) is 10.8. The van der Waals surface area contributed by atoms with Crippen LogP contribution < -0.4 is 4.90 Å². The highest BCUT2D eigenvalue weighted by atomic mass is 79.9. The molecule has 0 bridgehead atoms. The van der Waals surface area contributed by atoms with Gasteiger partial charge in [-0.3, -0.25) is 4.79 Å². The van der Waals surface area contributed by atoms with E-state index in [1.807, 2.05) is 12.1 Å². The van der Waals surface area contributed by atoms with Crippen LogP contribution in [0.3, 0.4) is 0 Å². The van der Waals surface area contributed by atoms with Crippen LogP contribution in [0, 0.1) is 0 Å². The molecule has 0 atom stereocenters. The minimum absolute atomic E-state index is 0.0281. The molecule has 0 saturated carbocycles. The second-order valence-electron chi connectivity index (χ2n) is 3.20. The fourth-order valence-corrected chi connectivity index (χ4v) is 1.87. The number of carbonyl (C=O) groups excluding carboxylic acids is 1. The number of nitrogens with zero attached hydrogens (tertiary/aromatic N) is 1. The first-order chi connectivity index (χ1) is 7.18. The van der Waals surface area contributed by atoms with Gasteiger partial charge in [0, 0.05) is 16.7 Å². The van der Waals surface area contributed by atoms with Crippen molar-refractivity contribution in [2.45, 2.75) is 0 Å². The van der Waals surface area contributed by atoms with Crippen molar-refractivity contribution in [3.8, 4) is 0 Å². The van der Waals surface area contributed by atoms with Crippen molar-refractivity contribution < 1.29 is 9.53 Å². The Morgan fingerprint density at radius 2 is 2.27 bits per heavy atom. The lowest BCUT2D eigenvalue weighted by molar-refractivity contribution is -0.125. The molecule has 1 amide bonds. The molecule has 5 heteroatoms. The average Bonchev–Trinajstić information content (AvgIpc) is 2.23. The Balaban J connectivity index is 2.28. The maximum atomic E-state index is 11.5. The van der Waals surface area contributed by atoms with Crippen molar-refractivity contribution >= 4 is 39.1 Å². The van der Waals surface area contributed by atoms with Gasteiger partial charge >= 0.3 is 0 Å². The number of hydrogen-bond donors (Lipinski definition) is 0. The summed E-state index contributed by atoms with van der Waals surface area (Å²) >= 11 is 9.27. The number of anilines is 1. The molecule has 1 heterocycles. The number of halogens is 2. The molecule has 0 N–H and O–H groups in total. The Kier molecular flexibility index (Phi) is 3.29. The first-order valence-corrected chi connectivity index (χ1v) is 5.69. The predicted molar refractivity (Wildman–Crippen MR) is 62.3 cm³/mol. The van der Waals surface area contributed by atoms with Crippen molar-refractivity contribution in [2.24, 2.45) is 0 Å². The second-order valence-corrected chi connectivity index (χ2v) is 4.46. The van der Waals surface area contributed by atoms with Crippen molar-refractivity contribution in [2.75, 3.05) is 24.7 Å². The summed E-state index contributed by atoms with van der Waals surface area (Å²) in [5.41, 5.74) is 0.816. The predicted octanol–water partition coefficient (Wildman–Crippen LogP) is 2.47. The smallest absolute Gasteiger partial charge is 0.253 e. The topological polar surface area (TPSA) is 29.5 Å². The number of carbonyl (C=O) groups is 1. The molecule has 0 spiro atoms. The SMILES string of the molecule is O=C1COCCN1c1ccc(Br)c(Cl)c1. The summed E-state index contributed by atoms with van der Waals surface area (Å²) in [6.07, 6.45) is 0. The number of rotatable bonds is 1. The van der Waals surface area contributed by atoms with Crippen molar-refractivity contribution in [3.63, 3.8) is 0 Å². The summed E-state index contributed by atoms with van der Waals surface area (Å²) in [5, 5.41) is 0.604. The number of morpholine rings is 1. The van der Waals surface area contributed by atoms with E-state index in [2.05, 4.69) is 15.9 Å². The van der Waals surface area contributed by atoms with E-state index in [0.29, 0.717) is 18.2 Å². The van der Waals surface area contributed by atoms with E-state index in [4.69, 9.17) is 16.3 Å². The van der Waals surface area contributed by atoms with E-state index in [0.717, 1.165) is 10.2 Å². The highest BCUT2D eigenvalue weighted by Gasteiger charge is 2.20. The highest BCUT2D eigenvalue weighted by molar-refractivity contribution is 9.10. The van der Waals surface area contributed by atoms with Crippen LogP contribution in [0.25, 0.3) is 0 Å². The Morgan fingerprint density at radius 1 is 1.47 bits per heavy atom. The second kappa shape index (κ2) is 4.51. The molecule has 0 unspecified atom stereocenters. The van der Waals surface area contributed by atoms with E-state index < -0.39 is 0 Å². The zero-order valence-corrected chi connectivity index (χ0v) is 10.2. The van der Waals surface area contributed by atoms with Gasteiger partial charge in [-0.1, -0.05) is 11.6 Å². The monoisotopic (exact) mass is 289 g/mol. The number of amides is 1. The van der Waals surface area contributed by atoms with Gasteiger partial charge in [-0.2, -0.15) is 0 Å². The van der Waals surface area contributed by atoms with E-state index in [1.165, 1.54) is 0 Å². The van der Waals surface area contributed by atoms with Gasteiger partial charge in [0.2, 0.25) is 0 Å². The molecular formula is C10H9BrClNO2. The fraction of sp³-hybridized carbons (Fsp3) is 0.300. The molecular weight excluding hydrogens is 281 g/mol. The number of hydrogen-bond acceptors (Lipinski definition) is 2. The van der Waals surface area contributed by atoms with Crippen molar-refractivity contribution in [1.82, 2.24) is 0 Å². The third-order valence-corrected chi connectivity index (χ3v) is 3.43. The first-order valence-electron chi connectivity index (χ1n) is 4.51. The number of ether oxygens (including phenoxy) is 1. The maximum Gasteiger partial charge on any atom is 0.253 e. The van der Waals surface area contributed by atoms with Crippen molar-refractivity contribution in [1.29, 1.82) is 0 Å². The molecule has 1 saturated heterocycles. The van der Waals surface area contributed by atoms with E-state index in [-0.39, 0.29) is 12.5 Å². The Morgan fingerprint density at radius 3 is 2.93 bits per heavy atom. The van der Waals surface area contributed by atoms with Gasteiger partial charge in [-0.25, -0.2) is 0 Å².